The van der Waals surface area contributed by atoms with Crippen molar-refractivity contribution in [3.8, 4) is 0 Å². The van der Waals surface area contributed by atoms with Crippen LogP contribution >= 0.6 is 0 Å². The summed E-state index contributed by atoms with van der Waals surface area (Å²) in [6.45, 7) is 7.86. The van der Waals surface area contributed by atoms with Crippen molar-refractivity contribution < 1.29 is 19.2 Å². The van der Waals surface area contributed by atoms with Crippen LogP contribution in [0.4, 0.5) is 10.5 Å². The average Bonchev–Trinajstić information content (AvgIpc) is 2.55. The zero-order chi connectivity index (χ0) is 20.8. The molecular formula is C16H22N6O5. The van der Waals surface area contributed by atoms with Gasteiger partial charge in [-0.2, -0.15) is 0 Å². The van der Waals surface area contributed by atoms with Crippen LogP contribution in [0.5, 0.6) is 0 Å². The number of hydrogen-bond donors (Lipinski definition) is 0. The zero-order valence-corrected chi connectivity index (χ0v) is 15.8. The topological polar surface area (TPSA) is 151 Å². The average molecular weight is 378 g/mol. The third-order valence-corrected chi connectivity index (χ3v) is 3.27. The molecule has 27 heavy (non-hydrogen) atoms. The molecule has 146 valence electrons. The van der Waals surface area contributed by atoms with Gasteiger partial charge >= 0.3 is 6.09 Å². The van der Waals surface area contributed by atoms with E-state index in [1.165, 1.54) is 12.3 Å². The summed E-state index contributed by atoms with van der Waals surface area (Å²) < 4.78 is 5.25. The highest BCUT2D eigenvalue weighted by Crippen LogP contribution is 2.19. The van der Waals surface area contributed by atoms with E-state index in [0.717, 1.165) is 11.0 Å². The summed E-state index contributed by atoms with van der Waals surface area (Å²) in [5, 5.41) is 14.4. The summed E-state index contributed by atoms with van der Waals surface area (Å²) >= 11 is 0. The fourth-order valence-electron chi connectivity index (χ4n) is 2.06. The number of aromatic nitrogens is 1. The number of hydrogen-bond acceptors (Lipinski definition) is 7. The van der Waals surface area contributed by atoms with Crippen molar-refractivity contribution in [2.45, 2.75) is 52.8 Å². The van der Waals surface area contributed by atoms with E-state index in [1.807, 2.05) is 0 Å². The number of ether oxygens (including phenoxy) is 1. The first kappa shape index (κ1) is 21.8. The molecule has 0 saturated heterocycles. The minimum atomic E-state index is -1.14. The van der Waals surface area contributed by atoms with E-state index in [9.17, 15) is 19.7 Å². The number of rotatable bonds is 6. The summed E-state index contributed by atoms with van der Waals surface area (Å²) in [7, 11) is 0. The van der Waals surface area contributed by atoms with E-state index in [0.29, 0.717) is 0 Å². The van der Waals surface area contributed by atoms with Crippen LogP contribution in [-0.2, 0) is 16.1 Å². The summed E-state index contributed by atoms with van der Waals surface area (Å²) in [4.78, 5) is 43.1. The molecule has 11 heteroatoms. The molecule has 0 aliphatic carbocycles. The van der Waals surface area contributed by atoms with Crippen molar-refractivity contribution in [2.75, 3.05) is 0 Å². The minimum Gasteiger partial charge on any atom is -0.443 e. The van der Waals surface area contributed by atoms with Crippen molar-refractivity contribution >= 4 is 17.7 Å². The SMILES string of the molecule is CC(C)[C@H](N=[N+]=[N-])C(=O)N(Cc1cc([N+](=O)[O-])ccn1)C(=O)OC(C)(C)C. The van der Waals surface area contributed by atoms with E-state index in [1.54, 1.807) is 34.6 Å². The Morgan fingerprint density at radius 1 is 1.44 bits per heavy atom. The molecule has 0 unspecified atom stereocenters. The molecule has 1 rings (SSSR count). The van der Waals surface area contributed by atoms with Crippen LogP contribution in [0.25, 0.3) is 10.4 Å². The number of nitro groups is 1. The number of carbonyl (C=O) groups is 2. The molecule has 0 spiro atoms. The predicted molar refractivity (Wildman–Crippen MR) is 95.4 cm³/mol. The highest BCUT2D eigenvalue weighted by Gasteiger charge is 2.33. The zero-order valence-electron chi connectivity index (χ0n) is 15.8. The number of azide groups is 1. The number of carbonyl (C=O) groups excluding carboxylic acids is 2. The van der Waals surface area contributed by atoms with Gasteiger partial charge in [-0.3, -0.25) is 19.9 Å². The first-order chi connectivity index (χ1) is 12.5. The number of imide groups is 1. The third kappa shape index (κ3) is 6.55. The predicted octanol–water partition coefficient (Wildman–Crippen LogP) is 3.59. The van der Waals surface area contributed by atoms with Crippen LogP contribution in [0.15, 0.2) is 23.4 Å². The van der Waals surface area contributed by atoms with Crippen molar-refractivity contribution in [3.05, 3.63) is 44.6 Å². The molecule has 2 amide bonds. The second-order valence-electron chi connectivity index (χ2n) is 7.06. The van der Waals surface area contributed by atoms with E-state index < -0.39 is 28.6 Å². The minimum absolute atomic E-state index is 0.117. The lowest BCUT2D eigenvalue weighted by Gasteiger charge is -2.28. The maximum absolute atomic E-state index is 12.8. The summed E-state index contributed by atoms with van der Waals surface area (Å²) in [6.07, 6.45) is 0.248. The summed E-state index contributed by atoms with van der Waals surface area (Å²) in [6, 6.07) is 1.21. The molecule has 0 fully saturated rings. The van der Waals surface area contributed by atoms with Crippen LogP contribution in [0.1, 0.15) is 40.3 Å². The van der Waals surface area contributed by atoms with Crippen molar-refractivity contribution in [1.29, 1.82) is 0 Å². The molecule has 0 radical (unpaired) electrons. The van der Waals surface area contributed by atoms with Gasteiger partial charge in [0, 0.05) is 23.2 Å². The van der Waals surface area contributed by atoms with Gasteiger partial charge in [0.15, 0.2) is 0 Å². The van der Waals surface area contributed by atoms with Crippen LogP contribution < -0.4 is 0 Å². The molecule has 0 aromatic carbocycles. The van der Waals surface area contributed by atoms with Gasteiger partial charge in [-0.05, 0) is 32.2 Å². The molecule has 0 aliphatic rings. The Bertz CT molecular complexity index is 767. The Balaban J connectivity index is 3.27. The molecule has 0 saturated carbocycles. The number of nitrogens with zero attached hydrogens (tertiary/aromatic N) is 6. The highest BCUT2D eigenvalue weighted by atomic mass is 16.6. The van der Waals surface area contributed by atoms with E-state index >= 15 is 0 Å². The monoisotopic (exact) mass is 378 g/mol. The number of amides is 2. The van der Waals surface area contributed by atoms with Crippen molar-refractivity contribution in [1.82, 2.24) is 9.88 Å². The van der Waals surface area contributed by atoms with Gasteiger partial charge in [-0.1, -0.05) is 19.0 Å². The maximum Gasteiger partial charge on any atom is 0.417 e. The fraction of sp³-hybridized carbons (Fsp3) is 0.562. The van der Waals surface area contributed by atoms with E-state index in [-0.39, 0.29) is 23.8 Å². The van der Waals surface area contributed by atoms with Crippen molar-refractivity contribution in [3.63, 3.8) is 0 Å². The summed E-state index contributed by atoms with van der Waals surface area (Å²) in [5.74, 6) is -1.15. The second-order valence-corrected chi connectivity index (χ2v) is 7.06. The molecule has 1 heterocycles. The Labute approximate surface area is 156 Å². The maximum atomic E-state index is 12.8. The van der Waals surface area contributed by atoms with Gasteiger partial charge in [0.1, 0.15) is 11.6 Å². The van der Waals surface area contributed by atoms with Gasteiger partial charge in [-0.25, -0.2) is 9.69 Å². The Hall–Kier alpha value is -3.20. The van der Waals surface area contributed by atoms with Crippen molar-refractivity contribution in [2.24, 2.45) is 11.0 Å². The van der Waals surface area contributed by atoms with E-state index in [4.69, 9.17) is 10.3 Å². The molecule has 1 aromatic rings. The third-order valence-electron chi connectivity index (χ3n) is 3.27. The second kappa shape index (κ2) is 8.95. The smallest absolute Gasteiger partial charge is 0.417 e. The fourth-order valence-corrected chi connectivity index (χ4v) is 2.06. The quantitative estimate of drug-likeness (QED) is 0.242. The van der Waals surface area contributed by atoms with Gasteiger partial charge in [0.25, 0.3) is 5.69 Å². The lowest BCUT2D eigenvalue weighted by molar-refractivity contribution is -0.385. The molecule has 0 bridgehead atoms. The lowest BCUT2D eigenvalue weighted by atomic mass is 10.0. The van der Waals surface area contributed by atoms with Gasteiger partial charge in [0.2, 0.25) is 5.91 Å². The molecule has 1 aromatic heterocycles. The Morgan fingerprint density at radius 2 is 2.07 bits per heavy atom. The van der Waals surface area contributed by atoms with Crippen LogP contribution in [0.2, 0.25) is 0 Å². The van der Waals surface area contributed by atoms with Crippen LogP contribution in [-0.4, -0.2) is 38.5 Å². The van der Waals surface area contributed by atoms with Gasteiger partial charge in [0.05, 0.1) is 17.2 Å². The largest absolute Gasteiger partial charge is 0.443 e. The lowest BCUT2D eigenvalue weighted by Crippen LogP contribution is -2.46. The standard InChI is InChI=1S/C16H22N6O5/c1-10(2)13(19-20-17)14(23)21(15(24)27-16(3,4)5)9-11-8-12(22(25)26)6-7-18-11/h6-8,10,13H,9H2,1-5H3/t13-/m0/s1. The molecule has 0 aliphatic heterocycles. The Morgan fingerprint density at radius 3 is 2.56 bits per heavy atom. The first-order valence-electron chi connectivity index (χ1n) is 8.14. The first-order valence-corrected chi connectivity index (χ1v) is 8.14. The van der Waals surface area contributed by atoms with Gasteiger partial charge in [-0.15, -0.1) is 0 Å². The Kier molecular flexibility index (Phi) is 7.24. The molecule has 11 nitrogen and oxygen atoms in total. The molecular weight excluding hydrogens is 356 g/mol. The van der Waals surface area contributed by atoms with Gasteiger partial charge < -0.3 is 4.74 Å². The van der Waals surface area contributed by atoms with Crippen LogP contribution in [0, 0.1) is 16.0 Å². The molecule has 1 atom stereocenters. The molecule has 0 N–H and O–H groups in total. The van der Waals surface area contributed by atoms with E-state index in [2.05, 4.69) is 15.0 Å². The summed E-state index contributed by atoms with van der Waals surface area (Å²) in [5.41, 5.74) is 7.72. The number of pyridine rings is 1. The van der Waals surface area contributed by atoms with Crippen LogP contribution in [0.3, 0.4) is 0 Å². The highest BCUT2D eigenvalue weighted by molar-refractivity contribution is 5.95. The normalized spacial score (nSPS) is 12.1.